The standard InChI is InChI=1S/C11H18N6O3/c1-20-5-3-12-6-9-7-16(15-14-9)8-10(18)17-4-2-13-11(17)19/h7,12H,2-6,8H2,1H3,(H,13,19). The number of hydrogen-bond acceptors (Lipinski definition) is 6. The van der Waals surface area contributed by atoms with Gasteiger partial charge in [-0.3, -0.25) is 9.69 Å². The number of ether oxygens (including phenoxy) is 1. The number of urea groups is 1. The first-order valence-electron chi connectivity index (χ1n) is 6.37. The van der Waals surface area contributed by atoms with E-state index in [9.17, 15) is 9.59 Å². The van der Waals surface area contributed by atoms with Gasteiger partial charge in [0.1, 0.15) is 6.54 Å². The summed E-state index contributed by atoms with van der Waals surface area (Å²) >= 11 is 0. The summed E-state index contributed by atoms with van der Waals surface area (Å²) < 4.78 is 6.34. The first kappa shape index (κ1) is 14.4. The molecule has 1 aliphatic heterocycles. The highest BCUT2D eigenvalue weighted by molar-refractivity contribution is 5.95. The van der Waals surface area contributed by atoms with Crippen molar-refractivity contribution in [3.63, 3.8) is 0 Å². The molecule has 0 radical (unpaired) electrons. The van der Waals surface area contributed by atoms with Crippen LogP contribution in [0.1, 0.15) is 5.69 Å². The summed E-state index contributed by atoms with van der Waals surface area (Å²) in [5, 5.41) is 13.5. The van der Waals surface area contributed by atoms with Crippen LogP contribution in [0.4, 0.5) is 4.79 Å². The smallest absolute Gasteiger partial charge is 0.324 e. The Bertz CT molecular complexity index is 474. The maximum absolute atomic E-state index is 11.9. The first-order chi connectivity index (χ1) is 9.70. The summed E-state index contributed by atoms with van der Waals surface area (Å²) in [5.41, 5.74) is 0.736. The fraction of sp³-hybridized carbons (Fsp3) is 0.636. The van der Waals surface area contributed by atoms with Gasteiger partial charge in [0.2, 0.25) is 0 Å². The molecule has 1 saturated heterocycles. The van der Waals surface area contributed by atoms with E-state index in [0.717, 1.165) is 12.2 Å². The summed E-state index contributed by atoms with van der Waals surface area (Å²) in [6.45, 7) is 2.81. The van der Waals surface area contributed by atoms with Gasteiger partial charge in [-0.25, -0.2) is 9.48 Å². The zero-order chi connectivity index (χ0) is 14.4. The van der Waals surface area contributed by atoms with Gasteiger partial charge in [-0.15, -0.1) is 5.10 Å². The number of carbonyl (C=O) groups is 2. The normalized spacial score (nSPS) is 14.7. The van der Waals surface area contributed by atoms with E-state index in [1.807, 2.05) is 0 Å². The fourth-order valence-corrected chi connectivity index (χ4v) is 1.82. The van der Waals surface area contributed by atoms with Gasteiger partial charge in [0.05, 0.1) is 18.5 Å². The molecule has 0 atom stereocenters. The highest BCUT2D eigenvalue weighted by Gasteiger charge is 2.26. The van der Waals surface area contributed by atoms with Crippen LogP contribution in [0.2, 0.25) is 0 Å². The molecule has 1 aromatic rings. The molecule has 2 rings (SSSR count). The number of amides is 3. The van der Waals surface area contributed by atoms with Crippen LogP contribution in [-0.4, -0.2) is 65.2 Å². The molecule has 1 fully saturated rings. The van der Waals surface area contributed by atoms with Crippen LogP contribution in [0.5, 0.6) is 0 Å². The Hall–Kier alpha value is -2.00. The van der Waals surface area contributed by atoms with E-state index < -0.39 is 0 Å². The minimum Gasteiger partial charge on any atom is -0.383 e. The van der Waals surface area contributed by atoms with Crippen molar-refractivity contribution in [1.29, 1.82) is 0 Å². The molecule has 3 amide bonds. The van der Waals surface area contributed by atoms with E-state index in [4.69, 9.17) is 4.74 Å². The lowest BCUT2D eigenvalue weighted by Gasteiger charge is -2.11. The van der Waals surface area contributed by atoms with Gasteiger partial charge < -0.3 is 15.4 Å². The Morgan fingerprint density at radius 2 is 2.45 bits per heavy atom. The van der Waals surface area contributed by atoms with Gasteiger partial charge in [0, 0.05) is 33.3 Å². The number of aromatic nitrogens is 3. The van der Waals surface area contributed by atoms with E-state index in [0.29, 0.717) is 26.2 Å². The molecule has 2 N–H and O–H groups in total. The second-order valence-corrected chi connectivity index (χ2v) is 4.35. The average Bonchev–Trinajstić information content (AvgIpc) is 3.04. The lowest BCUT2D eigenvalue weighted by molar-refractivity contribution is -0.128. The van der Waals surface area contributed by atoms with E-state index in [2.05, 4.69) is 20.9 Å². The lowest BCUT2D eigenvalue weighted by atomic mass is 10.4. The summed E-state index contributed by atoms with van der Waals surface area (Å²) in [6, 6.07) is -0.350. The minimum atomic E-state index is -0.350. The van der Waals surface area contributed by atoms with Gasteiger partial charge >= 0.3 is 6.03 Å². The average molecular weight is 282 g/mol. The van der Waals surface area contributed by atoms with Gasteiger partial charge in [-0.2, -0.15) is 0 Å². The van der Waals surface area contributed by atoms with Crippen LogP contribution < -0.4 is 10.6 Å². The van der Waals surface area contributed by atoms with Crippen LogP contribution in [0.3, 0.4) is 0 Å². The highest BCUT2D eigenvalue weighted by Crippen LogP contribution is 2.00. The van der Waals surface area contributed by atoms with E-state index >= 15 is 0 Å². The number of imide groups is 1. The Morgan fingerprint density at radius 3 is 3.15 bits per heavy atom. The largest absolute Gasteiger partial charge is 0.383 e. The highest BCUT2D eigenvalue weighted by atomic mass is 16.5. The lowest BCUT2D eigenvalue weighted by Crippen LogP contribution is -2.36. The number of nitrogens with zero attached hydrogens (tertiary/aromatic N) is 4. The van der Waals surface area contributed by atoms with E-state index in [1.54, 1.807) is 13.3 Å². The molecule has 0 bridgehead atoms. The molecule has 110 valence electrons. The summed E-state index contributed by atoms with van der Waals surface area (Å²) in [4.78, 5) is 24.4. The molecule has 9 nitrogen and oxygen atoms in total. The quantitative estimate of drug-likeness (QED) is 0.594. The second kappa shape index (κ2) is 6.96. The molecule has 2 heterocycles. The first-order valence-corrected chi connectivity index (χ1v) is 6.37. The molecule has 0 unspecified atom stereocenters. The van der Waals surface area contributed by atoms with Crippen molar-refractivity contribution >= 4 is 11.9 Å². The Morgan fingerprint density at radius 1 is 1.60 bits per heavy atom. The Kier molecular flexibility index (Phi) is 5.02. The van der Waals surface area contributed by atoms with Gasteiger partial charge in [-0.05, 0) is 0 Å². The van der Waals surface area contributed by atoms with Crippen molar-refractivity contribution in [2.75, 3.05) is 33.4 Å². The van der Waals surface area contributed by atoms with Crippen LogP contribution in [0.15, 0.2) is 6.20 Å². The SMILES string of the molecule is COCCNCc1cn(CC(=O)N2CCNC2=O)nn1. The Labute approximate surface area is 116 Å². The summed E-state index contributed by atoms with van der Waals surface area (Å²) in [7, 11) is 1.64. The Balaban J connectivity index is 1.80. The third-order valence-corrected chi connectivity index (χ3v) is 2.83. The van der Waals surface area contributed by atoms with Crippen molar-refractivity contribution in [3.05, 3.63) is 11.9 Å². The number of nitrogens with one attached hydrogen (secondary N) is 2. The maximum Gasteiger partial charge on any atom is 0.324 e. The number of rotatable bonds is 7. The topological polar surface area (TPSA) is 101 Å². The molecule has 0 spiro atoms. The number of carbonyl (C=O) groups excluding carboxylic acids is 2. The number of methoxy groups -OCH3 is 1. The van der Waals surface area contributed by atoms with Crippen LogP contribution in [0.25, 0.3) is 0 Å². The molecule has 0 aliphatic carbocycles. The minimum absolute atomic E-state index is 0.0124. The predicted molar refractivity (Wildman–Crippen MR) is 68.7 cm³/mol. The van der Waals surface area contributed by atoms with Crippen molar-refractivity contribution < 1.29 is 14.3 Å². The molecule has 1 aliphatic rings. The zero-order valence-electron chi connectivity index (χ0n) is 11.3. The van der Waals surface area contributed by atoms with Crippen molar-refractivity contribution in [3.8, 4) is 0 Å². The van der Waals surface area contributed by atoms with Gasteiger partial charge in [0.15, 0.2) is 0 Å². The third kappa shape index (κ3) is 3.75. The van der Waals surface area contributed by atoms with Crippen LogP contribution in [0, 0.1) is 0 Å². The number of hydrogen-bond donors (Lipinski definition) is 2. The molecule has 20 heavy (non-hydrogen) atoms. The molecular formula is C11H18N6O3. The predicted octanol–water partition coefficient (Wildman–Crippen LogP) is -1.43. The monoisotopic (exact) mass is 282 g/mol. The van der Waals surface area contributed by atoms with E-state index in [-0.39, 0.29) is 18.5 Å². The molecule has 0 saturated carbocycles. The van der Waals surface area contributed by atoms with Crippen molar-refractivity contribution in [2.45, 2.75) is 13.1 Å². The summed E-state index contributed by atoms with van der Waals surface area (Å²) in [6.07, 6.45) is 1.69. The summed E-state index contributed by atoms with van der Waals surface area (Å²) in [5.74, 6) is -0.288. The zero-order valence-corrected chi connectivity index (χ0v) is 11.3. The molecule has 9 heteroatoms. The fourth-order valence-electron chi connectivity index (χ4n) is 1.82. The van der Waals surface area contributed by atoms with E-state index in [1.165, 1.54) is 9.58 Å². The van der Waals surface area contributed by atoms with Crippen molar-refractivity contribution in [1.82, 2.24) is 30.5 Å². The maximum atomic E-state index is 11.9. The van der Waals surface area contributed by atoms with Gasteiger partial charge in [-0.1, -0.05) is 5.21 Å². The van der Waals surface area contributed by atoms with Gasteiger partial charge in [0.25, 0.3) is 5.91 Å². The van der Waals surface area contributed by atoms with Crippen LogP contribution in [-0.2, 0) is 22.6 Å². The second-order valence-electron chi connectivity index (χ2n) is 4.35. The molecule has 1 aromatic heterocycles. The molecule has 0 aromatic carbocycles. The van der Waals surface area contributed by atoms with Crippen LogP contribution >= 0.6 is 0 Å². The third-order valence-electron chi connectivity index (χ3n) is 2.83. The molecular weight excluding hydrogens is 264 g/mol. The van der Waals surface area contributed by atoms with Crippen molar-refractivity contribution in [2.24, 2.45) is 0 Å².